The van der Waals surface area contributed by atoms with Crippen molar-refractivity contribution in [2.45, 2.75) is 19.4 Å². The van der Waals surface area contributed by atoms with E-state index in [0.29, 0.717) is 0 Å². The molecule has 0 radical (unpaired) electrons. The van der Waals surface area contributed by atoms with E-state index in [2.05, 4.69) is 4.99 Å². The van der Waals surface area contributed by atoms with E-state index in [9.17, 15) is 4.79 Å². The van der Waals surface area contributed by atoms with Crippen molar-refractivity contribution in [1.29, 1.82) is 0 Å². The standard InChI is InChI=1S/C11H11NO/c1-2-9-10(12-9)11(13)8-6-4-3-5-7-8/h3-7,9H,2H2,1H3/t9-/m1/s1. The van der Waals surface area contributed by atoms with Crippen molar-refractivity contribution in [1.82, 2.24) is 0 Å². The second-order valence-electron chi connectivity index (χ2n) is 3.13. The molecule has 13 heavy (non-hydrogen) atoms. The SMILES string of the molecule is CC[C@H]1N=C1C(=O)c1ccccc1. The molecule has 0 aromatic heterocycles. The van der Waals surface area contributed by atoms with Gasteiger partial charge in [0.2, 0.25) is 5.78 Å². The third kappa shape index (κ3) is 1.52. The number of hydrogen-bond donors (Lipinski definition) is 0. The number of carbonyl (C=O) groups excluding carboxylic acids is 1. The number of hydrogen-bond acceptors (Lipinski definition) is 2. The van der Waals surface area contributed by atoms with E-state index in [1.807, 2.05) is 37.3 Å². The minimum absolute atomic E-state index is 0.0902. The van der Waals surface area contributed by atoms with Crippen LogP contribution >= 0.6 is 0 Å². The van der Waals surface area contributed by atoms with Crippen LogP contribution in [0.4, 0.5) is 0 Å². The average Bonchev–Trinajstić information content (AvgIpc) is 2.97. The molecule has 1 aliphatic heterocycles. The molecule has 0 N–H and O–H groups in total. The van der Waals surface area contributed by atoms with Crippen molar-refractivity contribution in [3.05, 3.63) is 35.9 Å². The number of aliphatic imine (C=N–C) groups is 1. The molecule has 2 rings (SSSR count). The van der Waals surface area contributed by atoms with E-state index >= 15 is 0 Å². The highest BCUT2D eigenvalue weighted by Crippen LogP contribution is 2.19. The first-order valence-corrected chi connectivity index (χ1v) is 4.50. The summed E-state index contributed by atoms with van der Waals surface area (Å²) in [5.41, 5.74) is 1.49. The number of nitrogens with zero attached hydrogens (tertiary/aromatic N) is 1. The molecule has 0 saturated carbocycles. The zero-order valence-electron chi connectivity index (χ0n) is 7.53. The lowest BCUT2D eigenvalue weighted by Crippen LogP contribution is -2.10. The maximum absolute atomic E-state index is 11.6. The third-order valence-electron chi connectivity index (χ3n) is 2.20. The molecular formula is C11H11NO. The molecule has 0 fully saturated rings. The van der Waals surface area contributed by atoms with Gasteiger partial charge in [0.15, 0.2) is 0 Å². The maximum atomic E-state index is 11.6. The summed E-state index contributed by atoms with van der Waals surface area (Å²) in [4.78, 5) is 15.8. The van der Waals surface area contributed by atoms with Crippen LogP contribution in [0.15, 0.2) is 35.3 Å². The van der Waals surface area contributed by atoms with Crippen molar-refractivity contribution in [3.8, 4) is 0 Å². The fourth-order valence-electron chi connectivity index (χ4n) is 1.36. The minimum Gasteiger partial charge on any atom is -0.287 e. The Balaban J connectivity index is 2.12. The van der Waals surface area contributed by atoms with Crippen molar-refractivity contribution in [2.24, 2.45) is 4.99 Å². The molecule has 0 amide bonds. The van der Waals surface area contributed by atoms with E-state index in [1.54, 1.807) is 0 Å². The summed E-state index contributed by atoms with van der Waals surface area (Å²) >= 11 is 0. The van der Waals surface area contributed by atoms with Crippen LogP contribution in [0.1, 0.15) is 23.7 Å². The van der Waals surface area contributed by atoms with Crippen molar-refractivity contribution >= 4 is 11.5 Å². The Morgan fingerprint density at radius 2 is 2.08 bits per heavy atom. The van der Waals surface area contributed by atoms with Gasteiger partial charge in [-0.15, -0.1) is 0 Å². The monoisotopic (exact) mass is 173 g/mol. The summed E-state index contributed by atoms with van der Waals surface area (Å²) < 4.78 is 0. The van der Waals surface area contributed by atoms with Gasteiger partial charge >= 0.3 is 0 Å². The van der Waals surface area contributed by atoms with Crippen LogP contribution in [0, 0.1) is 0 Å². The Labute approximate surface area is 77.3 Å². The number of rotatable bonds is 3. The van der Waals surface area contributed by atoms with Crippen LogP contribution in [0.2, 0.25) is 0 Å². The van der Waals surface area contributed by atoms with Crippen LogP contribution in [0.5, 0.6) is 0 Å². The van der Waals surface area contributed by atoms with Gasteiger partial charge in [0.25, 0.3) is 0 Å². The van der Waals surface area contributed by atoms with Gasteiger partial charge in [-0.05, 0) is 6.42 Å². The summed E-state index contributed by atoms with van der Waals surface area (Å²) in [5, 5.41) is 0. The number of carbonyl (C=O) groups is 1. The predicted octanol–water partition coefficient (Wildman–Crippen LogP) is 2.10. The zero-order chi connectivity index (χ0) is 9.26. The summed E-state index contributed by atoms with van der Waals surface area (Å²) in [6, 6.07) is 9.51. The minimum atomic E-state index is 0.0902. The number of ketones is 1. The summed E-state index contributed by atoms with van der Waals surface area (Å²) in [5.74, 6) is 0.0902. The van der Waals surface area contributed by atoms with Gasteiger partial charge in [0, 0.05) is 5.56 Å². The molecular weight excluding hydrogens is 162 g/mol. The van der Waals surface area contributed by atoms with Gasteiger partial charge in [-0.2, -0.15) is 0 Å². The van der Waals surface area contributed by atoms with E-state index in [1.165, 1.54) is 0 Å². The number of Topliss-reactive ketones (excluding diaryl/α,β-unsaturated/α-hetero) is 1. The molecule has 1 heterocycles. The van der Waals surface area contributed by atoms with Gasteiger partial charge < -0.3 is 0 Å². The second kappa shape index (κ2) is 3.13. The molecule has 0 bridgehead atoms. The van der Waals surface area contributed by atoms with Gasteiger partial charge in [0.1, 0.15) is 5.71 Å². The first-order valence-electron chi connectivity index (χ1n) is 4.50. The molecule has 1 atom stereocenters. The van der Waals surface area contributed by atoms with Crippen LogP contribution in [-0.4, -0.2) is 17.5 Å². The third-order valence-corrected chi connectivity index (χ3v) is 2.20. The molecule has 1 aromatic carbocycles. The average molecular weight is 173 g/mol. The van der Waals surface area contributed by atoms with Gasteiger partial charge in [-0.3, -0.25) is 9.79 Å². The van der Waals surface area contributed by atoms with Gasteiger partial charge in [0.05, 0.1) is 6.04 Å². The largest absolute Gasteiger partial charge is 0.287 e. The quantitative estimate of drug-likeness (QED) is 0.643. The molecule has 66 valence electrons. The Morgan fingerprint density at radius 1 is 1.38 bits per heavy atom. The summed E-state index contributed by atoms with van der Waals surface area (Å²) in [6.45, 7) is 2.04. The molecule has 1 aliphatic rings. The highest BCUT2D eigenvalue weighted by molar-refractivity contribution is 6.52. The Bertz CT molecular complexity index is 354. The first-order chi connectivity index (χ1) is 6.33. The normalized spacial score (nSPS) is 19.5. The Kier molecular flexibility index (Phi) is 1.97. The van der Waals surface area contributed by atoms with E-state index in [0.717, 1.165) is 17.7 Å². The second-order valence-corrected chi connectivity index (χ2v) is 3.13. The Morgan fingerprint density at radius 3 is 2.62 bits per heavy atom. The first kappa shape index (κ1) is 8.17. The fourth-order valence-corrected chi connectivity index (χ4v) is 1.36. The lowest BCUT2D eigenvalue weighted by atomic mass is 10.1. The highest BCUT2D eigenvalue weighted by Gasteiger charge is 2.32. The zero-order valence-corrected chi connectivity index (χ0v) is 7.53. The van der Waals surface area contributed by atoms with Crippen molar-refractivity contribution < 1.29 is 4.79 Å². The molecule has 2 heteroatoms. The predicted molar refractivity (Wildman–Crippen MR) is 52.3 cm³/mol. The van der Waals surface area contributed by atoms with Gasteiger partial charge in [-0.1, -0.05) is 37.3 Å². The van der Waals surface area contributed by atoms with E-state index < -0.39 is 0 Å². The maximum Gasteiger partial charge on any atom is 0.208 e. The number of benzene rings is 1. The molecule has 2 nitrogen and oxygen atoms in total. The van der Waals surface area contributed by atoms with Crippen LogP contribution in [0.3, 0.4) is 0 Å². The fraction of sp³-hybridized carbons (Fsp3) is 0.273. The highest BCUT2D eigenvalue weighted by atomic mass is 16.1. The van der Waals surface area contributed by atoms with Crippen molar-refractivity contribution in [3.63, 3.8) is 0 Å². The van der Waals surface area contributed by atoms with E-state index in [4.69, 9.17) is 0 Å². The van der Waals surface area contributed by atoms with Crippen LogP contribution < -0.4 is 0 Å². The molecule has 0 aliphatic carbocycles. The van der Waals surface area contributed by atoms with Crippen LogP contribution in [-0.2, 0) is 0 Å². The summed E-state index contributed by atoms with van der Waals surface area (Å²) in [7, 11) is 0. The summed E-state index contributed by atoms with van der Waals surface area (Å²) in [6.07, 6.45) is 0.938. The smallest absolute Gasteiger partial charge is 0.208 e. The Hall–Kier alpha value is -1.44. The molecule has 0 unspecified atom stereocenters. The van der Waals surface area contributed by atoms with Gasteiger partial charge in [-0.25, -0.2) is 0 Å². The van der Waals surface area contributed by atoms with Crippen molar-refractivity contribution in [2.75, 3.05) is 0 Å². The lowest BCUT2D eigenvalue weighted by Gasteiger charge is -1.94. The molecule has 0 saturated heterocycles. The topological polar surface area (TPSA) is 29.4 Å². The lowest BCUT2D eigenvalue weighted by molar-refractivity contribution is 0.106. The molecule has 1 aromatic rings. The molecule has 0 spiro atoms. The van der Waals surface area contributed by atoms with E-state index in [-0.39, 0.29) is 11.8 Å². The van der Waals surface area contributed by atoms with Crippen LogP contribution in [0.25, 0.3) is 0 Å².